The van der Waals surface area contributed by atoms with Gasteiger partial charge >= 0.3 is 0 Å². The summed E-state index contributed by atoms with van der Waals surface area (Å²) in [6, 6.07) is 10.1. The molecule has 3 nitrogen and oxygen atoms in total. The van der Waals surface area contributed by atoms with Crippen molar-refractivity contribution in [1.29, 1.82) is 0 Å². The second-order valence-corrected chi connectivity index (χ2v) is 5.92. The van der Waals surface area contributed by atoms with E-state index in [0.29, 0.717) is 19.1 Å². The first-order valence-electron chi connectivity index (χ1n) is 7.34. The van der Waals surface area contributed by atoms with Gasteiger partial charge in [-0.1, -0.05) is 34.1 Å². The van der Waals surface area contributed by atoms with Crippen LogP contribution in [0.3, 0.4) is 0 Å². The van der Waals surface area contributed by atoms with Gasteiger partial charge in [0.05, 0.1) is 13.0 Å². The molecule has 0 radical (unpaired) electrons. The molecule has 1 saturated carbocycles. The molecule has 0 unspecified atom stereocenters. The second kappa shape index (κ2) is 8.30. The van der Waals surface area contributed by atoms with Crippen LogP contribution < -0.4 is 4.74 Å². The normalized spacial score (nSPS) is 14.7. The Balaban J connectivity index is 1.76. The average molecular weight is 340 g/mol. The first kappa shape index (κ1) is 15.4. The van der Waals surface area contributed by atoms with Crippen molar-refractivity contribution in [1.82, 2.24) is 4.90 Å². The molecule has 0 aliphatic heterocycles. The molecule has 20 heavy (non-hydrogen) atoms. The molecule has 4 heteroatoms. The number of rotatable bonds is 8. The van der Waals surface area contributed by atoms with E-state index in [2.05, 4.69) is 20.8 Å². The summed E-state index contributed by atoms with van der Waals surface area (Å²) in [6.07, 6.45) is 5.06. The summed E-state index contributed by atoms with van der Waals surface area (Å²) in [7, 11) is 0. The van der Waals surface area contributed by atoms with Gasteiger partial charge < -0.3 is 9.64 Å². The number of carbonyl (C=O) groups excluding carboxylic acids is 1. The summed E-state index contributed by atoms with van der Waals surface area (Å²) >= 11 is 3.44. The predicted octanol–water partition coefficient (Wildman–Crippen LogP) is 3.62. The maximum Gasteiger partial charge on any atom is 0.226 e. The lowest BCUT2D eigenvalue weighted by Gasteiger charge is -2.37. The molecule has 0 bridgehead atoms. The van der Waals surface area contributed by atoms with Crippen molar-refractivity contribution in [2.45, 2.75) is 38.1 Å². The zero-order valence-corrected chi connectivity index (χ0v) is 13.3. The van der Waals surface area contributed by atoms with Gasteiger partial charge in [-0.3, -0.25) is 4.79 Å². The van der Waals surface area contributed by atoms with Crippen LogP contribution in [-0.4, -0.2) is 35.3 Å². The van der Waals surface area contributed by atoms with Crippen LogP contribution in [0.1, 0.15) is 32.1 Å². The third kappa shape index (κ3) is 4.51. The number of hydrogen-bond donors (Lipinski definition) is 0. The van der Waals surface area contributed by atoms with Crippen LogP contribution in [0, 0.1) is 0 Å². The van der Waals surface area contributed by atoms with E-state index in [1.54, 1.807) is 0 Å². The molecule has 0 heterocycles. The zero-order valence-electron chi connectivity index (χ0n) is 11.8. The Morgan fingerprint density at radius 2 is 2.05 bits per heavy atom. The van der Waals surface area contributed by atoms with Gasteiger partial charge in [0, 0.05) is 17.9 Å². The van der Waals surface area contributed by atoms with Gasteiger partial charge in [0.15, 0.2) is 0 Å². The molecule has 1 fully saturated rings. The van der Waals surface area contributed by atoms with Crippen LogP contribution in [0.4, 0.5) is 0 Å². The van der Waals surface area contributed by atoms with E-state index >= 15 is 0 Å². The van der Waals surface area contributed by atoms with Gasteiger partial charge in [-0.2, -0.15) is 0 Å². The molecule has 1 aromatic rings. The monoisotopic (exact) mass is 339 g/mol. The predicted molar refractivity (Wildman–Crippen MR) is 84.3 cm³/mol. The molecule has 1 aliphatic carbocycles. The van der Waals surface area contributed by atoms with Crippen molar-refractivity contribution in [2.24, 2.45) is 0 Å². The summed E-state index contributed by atoms with van der Waals surface area (Å²) in [5, 5.41) is 0.948. The maximum absolute atomic E-state index is 12.3. The minimum Gasteiger partial charge on any atom is -0.493 e. The van der Waals surface area contributed by atoms with E-state index in [-0.39, 0.29) is 5.91 Å². The number of nitrogens with zero attached hydrogens (tertiary/aromatic N) is 1. The Morgan fingerprint density at radius 3 is 2.65 bits per heavy atom. The van der Waals surface area contributed by atoms with E-state index in [9.17, 15) is 4.79 Å². The van der Waals surface area contributed by atoms with Gasteiger partial charge in [0.1, 0.15) is 5.75 Å². The van der Waals surface area contributed by atoms with Gasteiger partial charge in [0.25, 0.3) is 0 Å². The summed E-state index contributed by atoms with van der Waals surface area (Å²) in [5.41, 5.74) is 0. The van der Waals surface area contributed by atoms with Crippen LogP contribution in [0.15, 0.2) is 30.3 Å². The van der Waals surface area contributed by atoms with E-state index in [4.69, 9.17) is 4.74 Å². The fourth-order valence-electron chi connectivity index (χ4n) is 2.36. The highest BCUT2D eigenvalue weighted by atomic mass is 79.9. The van der Waals surface area contributed by atoms with Crippen LogP contribution in [-0.2, 0) is 4.79 Å². The Morgan fingerprint density at radius 1 is 1.30 bits per heavy atom. The van der Waals surface area contributed by atoms with Crippen LogP contribution in [0.2, 0.25) is 0 Å². The van der Waals surface area contributed by atoms with E-state index in [1.807, 2.05) is 30.3 Å². The molecular formula is C16H22BrNO2. The van der Waals surface area contributed by atoms with E-state index < -0.39 is 0 Å². The summed E-state index contributed by atoms with van der Waals surface area (Å²) in [6.45, 7) is 1.32. The fraction of sp³-hybridized carbons (Fsp3) is 0.562. The second-order valence-electron chi connectivity index (χ2n) is 5.13. The summed E-state index contributed by atoms with van der Waals surface area (Å²) < 4.78 is 5.61. The van der Waals surface area contributed by atoms with Crippen molar-refractivity contribution >= 4 is 21.8 Å². The van der Waals surface area contributed by atoms with Crippen molar-refractivity contribution < 1.29 is 9.53 Å². The van der Waals surface area contributed by atoms with Crippen molar-refractivity contribution in [3.8, 4) is 5.75 Å². The lowest BCUT2D eigenvalue weighted by atomic mass is 9.91. The lowest BCUT2D eigenvalue weighted by molar-refractivity contribution is -0.135. The van der Waals surface area contributed by atoms with Crippen LogP contribution in [0.5, 0.6) is 5.75 Å². The molecule has 0 atom stereocenters. The number of halogens is 1. The number of hydrogen-bond acceptors (Lipinski definition) is 2. The maximum atomic E-state index is 12.3. The first-order chi connectivity index (χ1) is 9.81. The minimum absolute atomic E-state index is 0.228. The van der Waals surface area contributed by atoms with Gasteiger partial charge in [0.2, 0.25) is 5.91 Å². The molecule has 0 aromatic heterocycles. The smallest absolute Gasteiger partial charge is 0.226 e. The number of ether oxygens (including phenoxy) is 1. The number of amides is 1. The Bertz CT molecular complexity index is 406. The number of benzene rings is 1. The largest absolute Gasteiger partial charge is 0.493 e. The van der Waals surface area contributed by atoms with Gasteiger partial charge in [-0.25, -0.2) is 0 Å². The molecule has 1 amide bonds. The first-order valence-corrected chi connectivity index (χ1v) is 8.46. The topological polar surface area (TPSA) is 29.5 Å². The highest BCUT2D eigenvalue weighted by Gasteiger charge is 2.27. The SMILES string of the molecule is O=C(CCOc1ccccc1)N(CCCBr)C1CCC1. The zero-order chi connectivity index (χ0) is 14.2. The molecule has 1 aromatic carbocycles. The van der Waals surface area contributed by atoms with E-state index in [1.165, 1.54) is 6.42 Å². The quantitative estimate of drug-likeness (QED) is 0.677. The third-order valence-electron chi connectivity index (χ3n) is 3.70. The molecule has 110 valence electrons. The third-order valence-corrected chi connectivity index (χ3v) is 4.26. The Labute approximate surface area is 129 Å². The molecule has 0 N–H and O–H groups in total. The standard InChI is InChI=1S/C16H22BrNO2/c17-11-5-12-18(14-6-4-7-14)16(19)10-13-20-15-8-2-1-3-9-15/h1-3,8-9,14H,4-7,10-13H2. The number of carbonyl (C=O) groups is 1. The average Bonchev–Trinajstić information content (AvgIpc) is 2.42. The van der Waals surface area contributed by atoms with Crippen LogP contribution >= 0.6 is 15.9 Å². The molecule has 0 saturated heterocycles. The molecular weight excluding hydrogens is 318 g/mol. The number of alkyl halides is 1. The van der Waals surface area contributed by atoms with Gasteiger partial charge in [-0.05, 0) is 37.8 Å². The van der Waals surface area contributed by atoms with Crippen molar-refractivity contribution in [2.75, 3.05) is 18.5 Å². The Kier molecular flexibility index (Phi) is 6.37. The summed E-state index contributed by atoms with van der Waals surface area (Å²) in [4.78, 5) is 14.4. The highest BCUT2D eigenvalue weighted by molar-refractivity contribution is 9.09. The van der Waals surface area contributed by atoms with Crippen molar-refractivity contribution in [3.05, 3.63) is 30.3 Å². The van der Waals surface area contributed by atoms with E-state index in [0.717, 1.165) is 36.9 Å². The molecule has 2 rings (SSSR count). The highest BCUT2D eigenvalue weighted by Crippen LogP contribution is 2.25. The fourth-order valence-corrected chi connectivity index (χ4v) is 2.61. The Hall–Kier alpha value is -1.03. The van der Waals surface area contributed by atoms with Crippen LogP contribution in [0.25, 0.3) is 0 Å². The number of para-hydroxylation sites is 1. The van der Waals surface area contributed by atoms with Gasteiger partial charge in [-0.15, -0.1) is 0 Å². The molecule has 0 spiro atoms. The summed E-state index contributed by atoms with van der Waals surface area (Å²) in [5.74, 6) is 1.06. The molecule has 1 aliphatic rings. The lowest BCUT2D eigenvalue weighted by Crippen LogP contribution is -2.45. The van der Waals surface area contributed by atoms with Crippen molar-refractivity contribution in [3.63, 3.8) is 0 Å². The minimum atomic E-state index is 0.228.